The average Bonchev–Trinajstić information content (AvgIpc) is 2.92. The maximum Gasteiger partial charge on any atom is 0.291 e. The van der Waals surface area contributed by atoms with E-state index in [1.54, 1.807) is 43.4 Å². The van der Waals surface area contributed by atoms with Crippen LogP contribution in [0.4, 0.5) is 5.69 Å². The number of carbonyl (C=O) groups excluding carboxylic acids is 2. The van der Waals surface area contributed by atoms with Crippen LogP contribution in [0, 0.1) is 0 Å². The predicted molar refractivity (Wildman–Crippen MR) is 66.5 cm³/mol. The second-order valence-electron chi connectivity index (χ2n) is 3.59. The lowest BCUT2D eigenvalue weighted by molar-refractivity contribution is 0.0960. The second-order valence-corrected chi connectivity index (χ2v) is 3.59. The predicted octanol–water partition coefficient (Wildman–Crippen LogP) is 1.89. The molecule has 0 unspecified atom stereocenters. The summed E-state index contributed by atoms with van der Waals surface area (Å²) in [5.74, 6) is -0.335. The van der Waals surface area contributed by atoms with Crippen LogP contribution in [0.15, 0.2) is 47.1 Å². The van der Waals surface area contributed by atoms with Gasteiger partial charge >= 0.3 is 0 Å². The molecule has 18 heavy (non-hydrogen) atoms. The van der Waals surface area contributed by atoms with Gasteiger partial charge in [-0.3, -0.25) is 9.59 Å². The van der Waals surface area contributed by atoms with E-state index >= 15 is 0 Å². The smallest absolute Gasteiger partial charge is 0.291 e. The summed E-state index contributed by atoms with van der Waals surface area (Å²) in [6, 6.07) is 9.87. The van der Waals surface area contributed by atoms with Crippen molar-refractivity contribution in [2.75, 3.05) is 12.4 Å². The summed E-state index contributed by atoms with van der Waals surface area (Å²) in [6.45, 7) is 0. The summed E-state index contributed by atoms with van der Waals surface area (Å²) in [6.07, 6.45) is 1.43. The Morgan fingerprint density at radius 2 is 1.94 bits per heavy atom. The third-order valence-electron chi connectivity index (χ3n) is 2.35. The Bertz CT molecular complexity index is 561. The van der Waals surface area contributed by atoms with E-state index in [0.29, 0.717) is 11.3 Å². The highest BCUT2D eigenvalue weighted by Crippen LogP contribution is 2.12. The van der Waals surface area contributed by atoms with Gasteiger partial charge < -0.3 is 15.1 Å². The summed E-state index contributed by atoms with van der Waals surface area (Å²) in [4.78, 5) is 23.2. The minimum Gasteiger partial charge on any atom is -0.459 e. The number of rotatable bonds is 3. The zero-order chi connectivity index (χ0) is 13.0. The largest absolute Gasteiger partial charge is 0.459 e. The van der Waals surface area contributed by atoms with E-state index in [9.17, 15) is 9.59 Å². The van der Waals surface area contributed by atoms with Crippen molar-refractivity contribution in [3.63, 3.8) is 0 Å². The standard InChI is InChI=1S/C13H12N2O3/c1-14-12(16)9-4-2-5-10(8-9)15-13(17)11-6-3-7-18-11/h2-8H,1H3,(H,14,16)(H,15,17). The normalized spacial score (nSPS) is 9.83. The molecule has 0 saturated carbocycles. The molecule has 92 valence electrons. The van der Waals surface area contributed by atoms with Crippen molar-refractivity contribution in [3.05, 3.63) is 54.0 Å². The zero-order valence-electron chi connectivity index (χ0n) is 9.77. The van der Waals surface area contributed by atoms with Gasteiger partial charge in [0.25, 0.3) is 11.8 Å². The van der Waals surface area contributed by atoms with Gasteiger partial charge in [-0.05, 0) is 30.3 Å². The Hall–Kier alpha value is -2.56. The van der Waals surface area contributed by atoms with Crippen molar-refractivity contribution in [2.45, 2.75) is 0 Å². The van der Waals surface area contributed by atoms with Gasteiger partial charge in [-0.25, -0.2) is 0 Å². The number of hydrogen-bond acceptors (Lipinski definition) is 3. The maximum absolute atomic E-state index is 11.7. The van der Waals surface area contributed by atoms with Gasteiger partial charge in [0.1, 0.15) is 0 Å². The van der Waals surface area contributed by atoms with Gasteiger partial charge in [-0.15, -0.1) is 0 Å². The van der Waals surface area contributed by atoms with Crippen LogP contribution in [0.1, 0.15) is 20.9 Å². The second kappa shape index (κ2) is 5.18. The summed E-state index contributed by atoms with van der Waals surface area (Å²) in [7, 11) is 1.55. The van der Waals surface area contributed by atoms with Gasteiger partial charge in [0, 0.05) is 18.3 Å². The van der Waals surface area contributed by atoms with Crippen molar-refractivity contribution in [1.82, 2.24) is 5.32 Å². The number of nitrogens with one attached hydrogen (secondary N) is 2. The minimum atomic E-state index is -0.353. The lowest BCUT2D eigenvalue weighted by atomic mass is 10.2. The molecular weight excluding hydrogens is 232 g/mol. The molecule has 0 fully saturated rings. The van der Waals surface area contributed by atoms with Crippen molar-refractivity contribution >= 4 is 17.5 Å². The molecule has 0 radical (unpaired) electrons. The van der Waals surface area contributed by atoms with Gasteiger partial charge in [-0.1, -0.05) is 6.07 Å². The maximum atomic E-state index is 11.7. The van der Waals surface area contributed by atoms with E-state index in [1.165, 1.54) is 6.26 Å². The highest BCUT2D eigenvalue weighted by Gasteiger charge is 2.10. The van der Waals surface area contributed by atoms with Crippen LogP contribution >= 0.6 is 0 Å². The molecule has 0 bridgehead atoms. The fourth-order valence-corrected chi connectivity index (χ4v) is 1.48. The number of benzene rings is 1. The highest BCUT2D eigenvalue weighted by atomic mass is 16.3. The summed E-state index contributed by atoms with van der Waals surface area (Å²) in [5.41, 5.74) is 1.02. The zero-order valence-corrected chi connectivity index (χ0v) is 9.77. The van der Waals surface area contributed by atoms with Crippen LogP contribution in [0.2, 0.25) is 0 Å². The van der Waals surface area contributed by atoms with Crippen molar-refractivity contribution in [3.8, 4) is 0 Å². The Balaban J connectivity index is 2.15. The van der Waals surface area contributed by atoms with E-state index in [2.05, 4.69) is 10.6 Å². The van der Waals surface area contributed by atoms with Crippen LogP contribution in [0.3, 0.4) is 0 Å². The number of amides is 2. The average molecular weight is 244 g/mol. The number of hydrogen-bond donors (Lipinski definition) is 2. The van der Waals surface area contributed by atoms with E-state index in [1.807, 2.05) is 0 Å². The van der Waals surface area contributed by atoms with Crippen LogP contribution in [-0.2, 0) is 0 Å². The quantitative estimate of drug-likeness (QED) is 0.866. The van der Waals surface area contributed by atoms with Crippen LogP contribution in [-0.4, -0.2) is 18.9 Å². The van der Waals surface area contributed by atoms with Gasteiger partial charge in [-0.2, -0.15) is 0 Å². The Morgan fingerprint density at radius 3 is 2.61 bits per heavy atom. The van der Waals surface area contributed by atoms with Crippen LogP contribution < -0.4 is 10.6 Å². The highest BCUT2D eigenvalue weighted by molar-refractivity contribution is 6.03. The molecule has 2 rings (SSSR count). The van der Waals surface area contributed by atoms with Gasteiger partial charge in [0.15, 0.2) is 5.76 Å². The van der Waals surface area contributed by atoms with Crippen molar-refractivity contribution in [2.24, 2.45) is 0 Å². The van der Waals surface area contributed by atoms with Gasteiger partial charge in [0.05, 0.1) is 6.26 Å². The first-order valence-electron chi connectivity index (χ1n) is 5.37. The van der Waals surface area contributed by atoms with Crippen LogP contribution in [0.25, 0.3) is 0 Å². The van der Waals surface area contributed by atoms with E-state index in [4.69, 9.17) is 4.42 Å². The molecule has 2 aromatic rings. The Kier molecular flexibility index (Phi) is 3.43. The molecule has 5 heteroatoms. The molecule has 0 aliphatic heterocycles. The molecule has 5 nitrogen and oxygen atoms in total. The Morgan fingerprint density at radius 1 is 1.11 bits per heavy atom. The van der Waals surface area contributed by atoms with E-state index in [0.717, 1.165) is 0 Å². The third kappa shape index (κ3) is 2.57. The van der Waals surface area contributed by atoms with Crippen molar-refractivity contribution < 1.29 is 14.0 Å². The molecule has 0 aliphatic rings. The topological polar surface area (TPSA) is 71.3 Å². The summed E-state index contributed by atoms with van der Waals surface area (Å²) < 4.78 is 4.98. The first kappa shape index (κ1) is 11.9. The third-order valence-corrected chi connectivity index (χ3v) is 2.35. The Labute approximate surface area is 104 Å². The lowest BCUT2D eigenvalue weighted by Crippen LogP contribution is -2.18. The fraction of sp³-hybridized carbons (Fsp3) is 0.0769. The molecule has 1 heterocycles. The molecule has 2 amide bonds. The molecule has 0 saturated heterocycles. The molecule has 2 N–H and O–H groups in total. The van der Waals surface area contributed by atoms with Crippen molar-refractivity contribution in [1.29, 1.82) is 0 Å². The lowest BCUT2D eigenvalue weighted by Gasteiger charge is -2.05. The van der Waals surface area contributed by atoms with Crippen LogP contribution in [0.5, 0.6) is 0 Å². The fourth-order valence-electron chi connectivity index (χ4n) is 1.48. The van der Waals surface area contributed by atoms with Gasteiger partial charge in [0.2, 0.25) is 0 Å². The number of anilines is 1. The summed E-state index contributed by atoms with van der Waals surface area (Å²) >= 11 is 0. The monoisotopic (exact) mass is 244 g/mol. The number of furan rings is 1. The number of carbonyl (C=O) groups is 2. The molecule has 0 atom stereocenters. The molecule has 1 aromatic carbocycles. The minimum absolute atomic E-state index is 0.205. The molecule has 1 aromatic heterocycles. The first-order chi connectivity index (χ1) is 8.70. The first-order valence-corrected chi connectivity index (χ1v) is 5.37. The van der Waals surface area contributed by atoms with E-state index in [-0.39, 0.29) is 17.6 Å². The van der Waals surface area contributed by atoms with E-state index < -0.39 is 0 Å². The SMILES string of the molecule is CNC(=O)c1cccc(NC(=O)c2ccco2)c1. The molecular formula is C13H12N2O3. The molecule has 0 spiro atoms. The summed E-state index contributed by atoms with van der Waals surface area (Å²) in [5, 5.41) is 5.17. The molecule has 0 aliphatic carbocycles.